The molecule has 0 radical (unpaired) electrons. The Morgan fingerprint density at radius 3 is 1.61 bits per heavy atom. The quantitative estimate of drug-likeness (QED) is 0.160. The molecular formula is C40H56F6I2N4O4V. The molecule has 1 amide bonds. The van der Waals surface area contributed by atoms with E-state index in [1.165, 1.54) is 12.1 Å². The molecule has 3 aromatic rings. The Morgan fingerprint density at radius 2 is 1.21 bits per heavy atom. The number of carbonyl (C=O) groups is 1. The van der Waals surface area contributed by atoms with E-state index in [4.69, 9.17) is 14.2 Å². The molecule has 0 aliphatic carbocycles. The molecule has 57 heavy (non-hydrogen) atoms. The van der Waals surface area contributed by atoms with E-state index >= 15 is 0 Å². The topological polar surface area (TPSA) is 66.5 Å². The van der Waals surface area contributed by atoms with Gasteiger partial charge in [-0.3, -0.25) is 9.80 Å². The molecule has 5 rings (SSSR count). The Balaban J connectivity index is 0.000000546. The van der Waals surface area contributed by atoms with E-state index < -0.39 is 23.5 Å². The van der Waals surface area contributed by atoms with E-state index in [0.717, 1.165) is 60.6 Å². The summed E-state index contributed by atoms with van der Waals surface area (Å²) in [6.07, 6.45) is -9.03. The second kappa shape index (κ2) is 26.5. The van der Waals surface area contributed by atoms with Crippen LogP contribution in [0.1, 0.15) is 68.6 Å². The van der Waals surface area contributed by atoms with E-state index in [1.54, 1.807) is 31.3 Å². The molecule has 0 bridgehead atoms. The number of rotatable bonds is 10. The van der Waals surface area contributed by atoms with Gasteiger partial charge in [-0.25, -0.2) is 4.79 Å². The number of benzene rings is 3. The van der Waals surface area contributed by atoms with Crippen LogP contribution in [0.2, 0.25) is 0 Å². The van der Waals surface area contributed by atoms with Crippen LogP contribution >= 0.6 is 40.0 Å². The zero-order valence-electron chi connectivity index (χ0n) is 31.1. The molecule has 0 spiro atoms. The molecule has 2 aliphatic heterocycles. The van der Waals surface area contributed by atoms with Crippen molar-refractivity contribution in [1.29, 1.82) is 0 Å². The summed E-state index contributed by atoms with van der Waals surface area (Å²) in [7, 11) is 3.81. The molecule has 4 atom stereocenters. The molecular weight excluding hydrogens is 1020 g/mol. The standard InChI is InChI=1S/C23H27F3N2O3.C15H21F3N2O.2CH4.2HI.V/c1-17-14-27(22(29)31-15-18-6-4-3-5-7-18)12-13-28(17)21(16-30-2)19-8-10-20(11-9-19)23(24,25)26;1-11-9-19-7-8-20(11)14(10-21-2)12-3-5-13(6-4-12)15(16,17)18;;;;;/h3-11,17,21H,12-16H2,1-2H3;3-6,11,14,19H,7-10H2,1-2H3;2*1H4;2*1H;/q;;;;;;+2/p-2/t17-,21-;11-,14-;;;;;/m00...../s1. The van der Waals surface area contributed by atoms with E-state index in [1.807, 2.05) is 37.3 Å². The number of amides is 1. The van der Waals surface area contributed by atoms with Gasteiger partial charge in [-0.2, -0.15) is 26.3 Å². The number of alkyl halides is 6. The number of piperazine rings is 2. The van der Waals surface area contributed by atoms with Gasteiger partial charge < -0.3 is 24.4 Å². The average Bonchev–Trinajstić information content (AvgIpc) is 3.16. The summed E-state index contributed by atoms with van der Waals surface area (Å²) in [6, 6.07) is 20.2. The fourth-order valence-corrected chi connectivity index (χ4v) is 6.60. The van der Waals surface area contributed by atoms with Gasteiger partial charge in [0.2, 0.25) is 0 Å². The van der Waals surface area contributed by atoms with Gasteiger partial charge in [0.25, 0.3) is 0 Å². The predicted octanol–water partition coefficient (Wildman–Crippen LogP) is 10.5. The summed E-state index contributed by atoms with van der Waals surface area (Å²) in [4.78, 5) is 18.6. The summed E-state index contributed by atoms with van der Waals surface area (Å²) < 4.78 is 92.6. The molecule has 3 aromatic carbocycles. The number of nitrogens with zero attached hydrogens (tertiary/aromatic N) is 3. The number of halogens is 8. The Hall–Kier alpha value is -1.65. The van der Waals surface area contributed by atoms with Crippen molar-refractivity contribution in [3.05, 3.63) is 107 Å². The molecule has 0 unspecified atom stereocenters. The zero-order valence-corrected chi connectivity index (χ0v) is 36.8. The number of carbonyl (C=O) groups excluding carboxylic acids is 1. The van der Waals surface area contributed by atoms with Gasteiger partial charge in [-0.15, -0.1) is 0 Å². The van der Waals surface area contributed by atoms with Crippen LogP contribution in [-0.2, 0) is 42.6 Å². The third kappa shape index (κ3) is 17.1. The van der Waals surface area contributed by atoms with Crippen molar-refractivity contribution in [3.63, 3.8) is 0 Å². The van der Waals surface area contributed by atoms with Crippen LogP contribution in [0.5, 0.6) is 0 Å². The van der Waals surface area contributed by atoms with Gasteiger partial charge in [0.1, 0.15) is 6.61 Å². The second-order valence-corrected chi connectivity index (χ2v) is 24.9. The van der Waals surface area contributed by atoms with Crippen LogP contribution in [-0.4, -0.2) is 99.6 Å². The molecule has 2 saturated heterocycles. The minimum atomic E-state index is -4.37. The van der Waals surface area contributed by atoms with E-state index in [9.17, 15) is 31.1 Å². The first-order valence-electron chi connectivity index (χ1n) is 17.6. The number of hydrogen-bond donors (Lipinski definition) is 1. The maximum absolute atomic E-state index is 12.9. The van der Waals surface area contributed by atoms with Gasteiger partial charge in [0.15, 0.2) is 0 Å². The van der Waals surface area contributed by atoms with Crippen molar-refractivity contribution >= 4 is 46.1 Å². The normalized spacial score (nSPS) is 18.6. The molecule has 8 nitrogen and oxygen atoms in total. The monoisotopic (exact) mass is 1080 g/mol. The molecule has 2 aliphatic rings. The van der Waals surface area contributed by atoms with Crippen molar-refractivity contribution < 1.29 is 54.8 Å². The number of hydrogen-bond acceptors (Lipinski definition) is 7. The van der Waals surface area contributed by atoms with Crippen molar-refractivity contribution in [2.24, 2.45) is 0 Å². The fraction of sp³-hybridized carbons (Fsp3) is 0.525. The van der Waals surface area contributed by atoms with Crippen molar-refractivity contribution in [2.45, 2.75) is 71.8 Å². The van der Waals surface area contributed by atoms with Gasteiger partial charge in [0, 0.05) is 65.6 Å². The minimum absolute atomic E-state index is 0. The molecule has 321 valence electrons. The van der Waals surface area contributed by atoms with Crippen LogP contribution in [0.15, 0.2) is 78.9 Å². The number of nitrogens with one attached hydrogen (secondary N) is 1. The van der Waals surface area contributed by atoms with E-state index in [0.29, 0.717) is 48.4 Å². The molecule has 0 saturated carbocycles. The maximum atomic E-state index is 12.9. The van der Waals surface area contributed by atoms with Gasteiger partial charge >= 0.3 is 67.9 Å². The molecule has 1 N–H and O–H groups in total. The van der Waals surface area contributed by atoms with Gasteiger partial charge in [0.05, 0.1) is 36.4 Å². The van der Waals surface area contributed by atoms with Gasteiger partial charge in [-0.1, -0.05) is 69.5 Å². The molecule has 2 heterocycles. The summed E-state index contributed by atoms with van der Waals surface area (Å²) >= 11 is 4.74. The molecule has 17 heteroatoms. The van der Waals surface area contributed by atoms with Crippen LogP contribution in [0.3, 0.4) is 0 Å². The first-order valence-corrected chi connectivity index (χ1v) is 26.6. The summed E-state index contributed by atoms with van der Waals surface area (Å²) in [5.41, 5.74) is 1.24. The number of ether oxygens (including phenoxy) is 3. The van der Waals surface area contributed by atoms with Crippen molar-refractivity contribution in [2.75, 3.05) is 66.7 Å². The van der Waals surface area contributed by atoms with Crippen molar-refractivity contribution in [1.82, 2.24) is 20.0 Å². The van der Waals surface area contributed by atoms with Crippen LogP contribution in [0.4, 0.5) is 31.1 Å². The fourth-order valence-electron chi connectivity index (χ4n) is 6.60. The average molecular weight is 1080 g/mol. The number of methoxy groups -OCH3 is 2. The summed E-state index contributed by atoms with van der Waals surface area (Å²) in [5.74, 6) is 0. The third-order valence-corrected chi connectivity index (χ3v) is 9.39. The first-order chi connectivity index (χ1) is 26.1. The Morgan fingerprint density at radius 1 is 0.754 bits per heavy atom. The summed E-state index contributed by atoms with van der Waals surface area (Å²) in [5, 5.41) is 3.31. The SMILES string of the molecule is C.C.COC[C@@H](c1ccc(C(F)(F)F)cc1)N1CCN(C(=O)OCc2ccccc2)C[C@@H]1C.COC[C@@H](c1ccc(C(F)(F)F)cc1)N1CCNC[C@@H]1C.[I][V][I]. The molecule has 0 aromatic heterocycles. The van der Waals surface area contributed by atoms with Crippen LogP contribution in [0.25, 0.3) is 0 Å². The van der Waals surface area contributed by atoms with Crippen LogP contribution in [0, 0.1) is 0 Å². The Bertz CT molecular complexity index is 1550. The van der Waals surface area contributed by atoms with Crippen molar-refractivity contribution in [3.8, 4) is 0 Å². The first kappa shape index (κ1) is 53.4. The zero-order chi connectivity index (χ0) is 40.6. The van der Waals surface area contributed by atoms with Crippen LogP contribution < -0.4 is 5.32 Å². The Labute approximate surface area is 363 Å². The summed E-state index contributed by atoms with van der Waals surface area (Å²) in [6.45, 7) is 9.24. The second-order valence-electron chi connectivity index (χ2n) is 13.1. The van der Waals surface area contributed by atoms with E-state index in [2.05, 4.69) is 62.0 Å². The molecule has 2 fully saturated rings. The third-order valence-electron chi connectivity index (χ3n) is 9.39. The van der Waals surface area contributed by atoms with Gasteiger partial charge in [-0.05, 0) is 54.8 Å². The Kier molecular flexibility index (Phi) is 24.9. The predicted molar refractivity (Wildman–Crippen MR) is 227 cm³/mol. The van der Waals surface area contributed by atoms with E-state index in [-0.39, 0.29) is 45.7 Å².